The maximum absolute atomic E-state index is 12.4. The first-order valence-electron chi connectivity index (χ1n) is 8.98. The molecule has 0 aliphatic heterocycles. The van der Waals surface area contributed by atoms with Gasteiger partial charge in [-0.15, -0.1) is 0 Å². The fraction of sp³-hybridized carbons (Fsp3) is 0.250. The summed E-state index contributed by atoms with van der Waals surface area (Å²) in [4.78, 5) is 24.4. The van der Waals surface area contributed by atoms with Crippen LogP contribution >= 0.6 is 11.8 Å². The van der Waals surface area contributed by atoms with Crippen LogP contribution in [0.2, 0.25) is 0 Å². The Morgan fingerprint density at radius 2 is 1.77 bits per heavy atom. The Morgan fingerprint density at radius 3 is 2.43 bits per heavy atom. The highest BCUT2D eigenvalue weighted by atomic mass is 32.2. The number of carbonyl (C=O) groups excluding carboxylic acids is 1. The summed E-state index contributed by atoms with van der Waals surface area (Å²) in [6.45, 7) is 0. The summed E-state index contributed by atoms with van der Waals surface area (Å²) in [6, 6.07) is 12.3. The third-order valence-electron chi connectivity index (χ3n) is 4.19. The van der Waals surface area contributed by atoms with E-state index in [-0.39, 0.29) is 12.3 Å². The summed E-state index contributed by atoms with van der Waals surface area (Å²) in [6.07, 6.45) is 0.179. The second kappa shape index (κ2) is 9.88. The van der Waals surface area contributed by atoms with Crippen molar-refractivity contribution < 1.29 is 28.2 Å². The molecule has 2 N–H and O–H groups in total. The summed E-state index contributed by atoms with van der Waals surface area (Å²) >= 11 is 1.22. The first-order chi connectivity index (χ1) is 14.5. The monoisotopic (exact) mass is 432 g/mol. The number of hydrogen-bond acceptors (Lipinski definition) is 7. The van der Waals surface area contributed by atoms with Crippen LogP contribution in [0.5, 0.6) is 17.2 Å². The van der Waals surface area contributed by atoms with Crippen LogP contribution in [-0.4, -0.2) is 38.3 Å². The number of ether oxygens (including phenoxy) is 3. The minimum absolute atomic E-state index is 0.179. The van der Waals surface area contributed by atoms with E-state index in [1.54, 1.807) is 56.7 Å². The van der Waals surface area contributed by atoms with Gasteiger partial charge in [0.15, 0.2) is 0 Å². The standard InChI is InChI=1S/C20H21N3O6S/c1-26-14-6-4-13(5-7-14)23-19(20(25)29-22-23)30-11-10-18(24)21-16-12-15(27-2)8-9-17(16)28-3/h4-9,12H,10-11H2,1-3H3,(H-,21,22,24,25)/p+1. The molecule has 30 heavy (non-hydrogen) atoms. The van der Waals surface area contributed by atoms with E-state index in [0.717, 1.165) is 0 Å². The smallest absolute Gasteiger partial charge is 0.442 e. The Bertz CT molecular complexity index is 1060. The number of rotatable bonds is 9. The predicted octanol–water partition coefficient (Wildman–Crippen LogP) is 2.39. The predicted molar refractivity (Wildman–Crippen MR) is 111 cm³/mol. The molecular formula is C20H22N3O6S+. The van der Waals surface area contributed by atoms with Gasteiger partial charge in [-0.3, -0.25) is 9.32 Å². The highest BCUT2D eigenvalue weighted by molar-refractivity contribution is 7.99. The molecule has 3 aromatic rings. The lowest BCUT2D eigenvalue weighted by atomic mass is 10.2. The lowest BCUT2D eigenvalue weighted by Gasteiger charge is -2.11. The lowest BCUT2D eigenvalue weighted by molar-refractivity contribution is -0.704. The molecule has 10 heteroatoms. The maximum atomic E-state index is 12.4. The van der Waals surface area contributed by atoms with E-state index in [9.17, 15) is 9.59 Å². The number of methoxy groups -OCH3 is 3. The van der Waals surface area contributed by atoms with Gasteiger partial charge in [-0.1, -0.05) is 0 Å². The van der Waals surface area contributed by atoms with Gasteiger partial charge in [0.2, 0.25) is 11.6 Å². The number of amides is 1. The number of hydrogen-bond donors (Lipinski definition) is 2. The van der Waals surface area contributed by atoms with Crippen molar-refractivity contribution in [3.63, 3.8) is 0 Å². The summed E-state index contributed by atoms with van der Waals surface area (Å²) < 4.78 is 22.0. The van der Waals surface area contributed by atoms with Crippen LogP contribution in [0.25, 0.3) is 5.69 Å². The Balaban J connectivity index is 1.64. The molecule has 0 saturated heterocycles. The van der Waals surface area contributed by atoms with E-state index in [1.165, 1.54) is 23.6 Å². The molecule has 0 fully saturated rings. The van der Waals surface area contributed by atoms with Gasteiger partial charge in [-0.05, 0) is 46.0 Å². The van der Waals surface area contributed by atoms with Crippen molar-refractivity contribution in [3.8, 4) is 22.9 Å². The maximum Gasteiger partial charge on any atom is 0.442 e. The molecule has 1 amide bonds. The molecule has 0 unspecified atom stereocenters. The third-order valence-corrected chi connectivity index (χ3v) is 5.22. The van der Waals surface area contributed by atoms with Gasteiger partial charge in [0.25, 0.3) is 0 Å². The van der Waals surface area contributed by atoms with Gasteiger partial charge in [0, 0.05) is 30.4 Å². The molecule has 1 heterocycles. The molecule has 2 aromatic carbocycles. The fourth-order valence-corrected chi connectivity index (χ4v) is 3.57. The van der Waals surface area contributed by atoms with Crippen molar-refractivity contribution in [2.24, 2.45) is 0 Å². The zero-order valence-electron chi connectivity index (χ0n) is 16.8. The van der Waals surface area contributed by atoms with E-state index < -0.39 is 5.63 Å². The third kappa shape index (κ3) is 4.95. The zero-order valence-corrected chi connectivity index (χ0v) is 17.6. The van der Waals surface area contributed by atoms with Crippen molar-refractivity contribution in [3.05, 3.63) is 52.9 Å². The van der Waals surface area contributed by atoms with Gasteiger partial charge in [0.05, 0.1) is 27.0 Å². The molecule has 0 saturated carbocycles. The summed E-state index contributed by atoms with van der Waals surface area (Å²) in [5.74, 6) is 1.98. The Hall–Kier alpha value is -3.40. The molecule has 0 atom stereocenters. The van der Waals surface area contributed by atoms with E-state index >= 15 is 0 Å². The second-order valence-corrected chi connectivity index (χ2v) is 7.12. The minimum atomic E-state index is -0.509. The lowest BCUT2D eigenvalue weighted by Crippen LogP contribution is -2.36. The number of nitrogens with zero attached hydrogens (tertiary/aromatic N) is 1. The Morgan fingerprint density at radius 1 is 1.07 bits per heavy atom. The molecule has 0 bridgehead atoms. The zero-order chi connectivity index (χ0) is 21.5. The molecule has 1 aromatic heterocycles. The van der Waals surface area contributed by atoms with Crippen molar-refractivity contribution in [2.75, 3.05) is 32.4 Å². The number of carbonyl (C=O) groups is 1. The van der Waals surface area contributed by atoms with Crippen molar-refractivity contribution in [1.82, 2.24) is 5.27 Å². The van der Waals surface area contributed by atoms with Gasteiger partial charge in [-0.25, -0.2) is 4.79 Å². The molecule has 3 rings (SSSR count). The number of aromatic nitrogens is 2. The van der Waals surface area contributed by atoms with E-state index in [2.05, 4.69) is 10.6 Å². The quantitative estimate of drug-likeness (QED) is 0.395. The SMILES string of the molecule is COc1ccc(-[n+]2[nH]oc(=O)c2SCCC(=O)Nc2cc(OC)ccc2OC)cc1. The first-order valence-corrected chi connectivity index (χ1v) is 9.97. The Kier molecular flexibility index (Phi) is 7.02. The minimum Gasteiger partial charge on any atom is -0.497 e. The number of H-pyrrole nitrogens is 1. The normalized spacial score (nSPS) is 10.5. The van der Waals surface area contributed by atoms with Gasteiger partial charge < -0.3 is 19.5 Å². The molecule has 9 nitrogen and oxygen atoms in total. The second-order valence-electron chi connectivity index (χ2n) is 6.03. The number of aromatic amines is 1. The number of thioether (sulfide) groups is 1. The molecule has 0 radical (unpaired) electrons. The molecule has 0 spiro atoms. The topological polar surface area (TPSA) is 107 Å². The first kappa shape index (κ1) is 21.3. The van der Waals surface area contributed by atoms with Crippen LogP contribution in [-0.2, 0) is 4.79 Å². The van der Waals surface area contributed by atoms with Gasteiger partial charge in [-0.2, -0.15) is 0 Å². The average molecular weight is 432 g/mol. The average Bonchev–Trinajstić information content (AvgIpc) is 3.14. The number of anilines is 1. The molecule has 0 aliphatic carbocycles. The van der Waals surface area contributed by atoms with Crippen LogP contribution in [0.1, 0.15) is 6.42 Å². The highest BCUT2D eigenvalue weighted by Gasteiger charge is 2.24. The highest BCUT2D eigenvalue weighted by Crippen LogP contribution is 2.29. The van der Waals surface area contributed by atoms with Crippen LogP contribution in [0.4, 0.5) is 5.69 Å². The number of benzene rings is 2. The molecule has 158 valence electrons. The van der Waals surface area contributed by atoms with Crippen LogP contribution in [0.3, 0.4) is 0 Å². The van der Waals surface area contributed by atoms with Gasteiger partial charge in [0.1, 0.15) is 17.2 Å². The molecule has 0 aliphatic rings. The number of nitrogens with one attached hydrogen (secondary N) is 2. The van der Waals surface area contributed by atoms with Crippen molar-refractivity contribution >= 4 is 23.4 Å². The van der Waals surface area contributed by atoms with E-state index in [1.807, 2.05) is 0 Å². The molecular weight excluding hydrogens is 410 g/mol. The summed E-state index contributed by atoms with van der Waals surface area (Å²) in [7, 11) is 4.65. The fourth-order valence-electron chi connectivity index (χ4n) is 2.65. The largest absolute Gasteiger partial charge is 0.497 e. The van der Waals surface area contributed by atoms with Gasteiger partial charge >= 0.3 is 10.7 Å². The van der Waals surface area contributed by atoms with E-state index in [4.69, 9.17) is 18.7 Å². The summed E-state index contributed by atoms with van der Waals surface area (Å²) in [5, 5.41) is 5.71. The summed E-state index contributed by atoms with van der Waals surface area (Å²) in [5.41, 5.74) is 0.710. The Labute approximate surface area is 176 Å². The van der Waals surface area contributed by atoms with Crippen LogP contribution in [0, 0.1) is 0 Å². The van der Waals surface area contributed by atoms with Crippen molar-refractivity contribution in [2.45, 2.75) is 11.4 Å². The van der Waals surface area contributed by atoms with Crippen molar-refractivity contribution in [1.29, 1.82) is 0 Å². The van der Waals surface area contributed by atoms with Crippen LogP contribution in [0.15, 0.2) is 56.8 Å². The van der Waals surface area contributed by atoms with Crippen LogP contribution < -0.4 is 29.8 Å². The van der Waals surface area contributed by atoms with E-state index in [0.29, 0.717) is 39.4 Å².